The lowest BCUT2D eigenvalue weighted by atomic mass is 9.87. The third kappa shape index (κ3) is 2.25. The van der Waals surface area contributed by atoms with Gasteiger partial charge in [0.15, 0.2) is 0 Å². The molecule has 0 aromatic carbocycles. The van der Waals surface area contributed by atoms with Crippen molar-refractivity contribution in [3.05, 3.63) is 16.1 Å². The highest BCUT2D eigenvalue weighted by Crippen LogP contribution is 2.28. The number of nitrogens with one attached hydrogen (secondary N) is 1. The molecule has 19 heavy (non-hydrogen) atoms. The number of carbonyl (C=O) groups is 2. The highest BCUT2D eigenvalue weighted by molar-refractivity contribution is 7.11. The molecule has 3 rings (SSSR count). The Hall–Kier alpha value is -1.43. The van der Waals surface area contributed by atoms with Crippen molar-refractivity contribution >= 4 is 23.2 Å². The SMILES string of the molecule is Cc1ncsc1C(=O)N1CC(=O)N[C@H]2CCCC[C@@H]21. The maximum absolute atomic E-state index is 12.6. The first-order valence-electron chi connectivity index (χ1n) is 6.67. The van der Waals surface area contributed by atoms with E-state index in [0.29, 0.717) is 4.88 Å². The zero-order chi connectivity index (χ0) is 13.4. The summed E-state index contributed by atoms with van der Waals surface area (Å²) in [6.07, 6.45) is 4.21. The Morgan fingerprint density at radius 2 is 2.26 bits per heavy atom. The van der Waals surface area contributed by atoms with Gasteiger partial charge in [0.1, 0.15) is 11.4 Å². The summed E-state index contributed by atoms with van der Waals surface area (Å²) in [5.74, 6) is -0.0783. The molecular weight excluding hydrogens is 262 g/mol. The summed E-state index contributed by atoms with van der Waals surface area (Å²) in [7, 11) is 0. The highest BCUT2D eigenvalue weighted by Gasteiger charge is 2.39. The molecule has 2 aliphatic rings. The van der Waals surface area contributed by atoms with Crippen molar-refractivity contribution in [2.75, 3.05) is 6.54 Å². The second-order valence-electron chi connectivity index (χ2n) is 5.23. The van der Waals surface area contributed by atoms with Gasteiger partial charge in [0, 0.05) is 6.04 Å². The third-order valence-corrected chi connectivity index (χ3v) is 4.91. The fraction of sp³-hybridized carbons (Fsp3) is 0.615. The van der Waals surface area contributed by atoms with E-state index in [4.69, 9.17) is 0 Å². The topological polar surface area (TPSA) is 62.3 Å². The van der Waals surface area contributed by atoms with Crippen molar-refractivity contribution in [3.63, 3.8) is 0 Å². The lowest BCUT2D eigenvalue weighted by molar-refractivity contribution is -0.127. The Morgan fingerprint density at radius 3 is 3.00 bits per heavy atom. The second kappa shape index (κ2) is 4.92. The predicted octanol–water partition coefficient (Wildman–Crippen LogP) is 1.33. The number of aromatic nitrogens is 1. The molecule has 2 amide bonds. The largest absolute Gasteiger partial charge is 0.350 e. The van der Waals surface area contributed by atoms with E-state index >= 15 is 0 Å². The lowest BCUT2D eigenvalue weighted by Gasteiger charge is -2.43. The van der Waals surface area contributed by atoms with E-state index in [1.165, 1.54) is 11.3 Å². The molecule has 102 valence electrons. The molecule has 1 aliphatic heterocycles. The molecule has 2 atom stereocenters. The monoisotopic (exact) mass is 279 g/mol. The molecule has 0 unspecified atom stereocenters. The van der Waals surface area contributed by atoms with Gasteiger partial charge in [-0.25, -0.2) is 4.98 Å². The lowest BCUT2D eigenvalue weighted by Crippen LogP contribution is -2.62. The van der Waals surface area contributed by atoms with Crippen LogP contribution in [0.15, 0.2) is 5.51 Å². The summed E-state index contributed by atoms with van der Waals surface area (Å²) in [6.45, 7) is 2.02. The van der Waals surface area contributed by atoms with Crippen LogP contribution in [0, 0.1) is 6.92 Å². The first kappa shape index (κ1) is 12.6. The minimum absolute atomic E-state index is 0.0354. The Labute approximate surface area is 116 Å². The van der Waals surface area contributed by atoms with Gasteiger partial charge in [0.05, 0.1) is 17.2 Å². The summed E-state index contributed by atoms with van der Waals surface area (Å²) in [5, 5.41) is 3.02. The van der Waals surface area contributed by atoms with Gasteiger partial charge in [-0.15, -0.1) is 11.3 Å². The number of amides is 2. The van der Waals surface area contributed by atoms with E-state index in [-0.39, 0.29) is 30.4 Å². The van der Waals surface area contributed by atoms with Crippen molar-refractivity contribution in [2.45, 2.75) is 44.7 Å². The summed E-state index contributed by atoms with van der Waals surface area (Å²) in [4.78, 5) is 30.9. The Bertz CT molecular complexity index is 514. The molecule has 0 bridgehead atoms. The summed E-state index contributed by atoms with van der Waals surface area (Å²) < 4.78 is 0. The van der Waals surface area contributed by atoms with Gasteiger partial charge < -0.3 is 10.2 Å². The zero-order valence-electron chi connectivity index (χ0n) is 10.9. The van der Waals surface area contributed by atoms with E-state index in [1.54, 1.807) is 10.4 Å². The number of nitrogens with zero attached hydrogens (tertiary/aromatic N) is 2. The molecule has 5 nitrogen and oxygen atoms in total. The molecule has 2 fully saturated rings. The smallest absolute Gasteiger partial charge is 0.266 e. The molecule has 1 aromatic rings. The molecule has 0 radical (unpaired) electrons. The van der Waals surface area contributed by atoms with E-state index in [0.717, 1.165) is 31.4 Å². The molecule has 1 saturated carbocycles. The first-order valence-corrected chi connectivity index (χ1v) is 7.55. The Balaban J connectivity index is 1.87. The fourth-order valence-electron chi connectivity index (χ4n) is 3.04. The molecule has 1 aromatic heterocycles. The van der Waals surface area contributed by atoms with Crippen LogP contribution in [0.4, 0.5) is 0 Å². The van der Waals surface area contributed by atoms with Crippen molar-refractivity contribution in [2.24, 2.45) is 0 Å². The number of rotatable bonds is 1. The Kier molecular flexibility index (Phi) is 3.26. The van der Waals surface area contributed by atoms with Crippen molar-refractivity contribution in [1.82, 2.24) is 15.2 Å². The predicted molar refractivity (Wildman–Crippen MR) is 72.1 cm³/mol. The van der Waals surface area contributed by atoms with Crippen LogP contribution in [0.25, 0.3) is 0 Å². The minimum Gasteiger partial charge on any atom is -0.350 e. The highest BCUT2D eigenvalue weighted by atomic mass is 32.1. The van der Waals surface area contributed by atoms with Crippen LogP contribution in [0.2, 0.25) is 0 Å². The number of aryl methyl sites for hydroxylation is 1. The normalized spacial score (nSPS) is 26.8. The maximum atomic E-state index is 12.6. The van der Waals surface area contributed by atoms with Crippen LogP contribution in [-0.4, -0.2) is 40.3 Å². The van der Waals surface area contributed by atoms with Crippen molar-refractivity contribution in [1.29, 1.82) is 0 Å². The zero-order valence-corrected chi connectivity index (χ0v) is 11.7. The van der Waals surface area contributed by atoms with Crippen LogP contribution >= 0.6 is 11.3 Å². The molecule has 1 aliphatic carbocycles. The van der Waals surface area contributed by atoms with Gasteiger partial charge in [-0.3, -0.25) is 9.59 Å². The summed E-state index contributed by atoms with van der Waals surface area (Å²) in [6, 6.07) is 0.285. The van der Waals surface area contributed by atoms with Crippen LogP contribution in [0.3, 0.4) is 0 Å². The first-order chi connectivity index (χ1) is 9.16. The quantitative estimate of drug-likeness (QED) is 0.843. The summed E-state index contributed by atoms with van der Waals surface area (Å²) in [5.41, 5.74) is 2.44. The van der Waals surface area contributed by atoms with Crippen LogP contribution in [-0.2, 0) is 4.79 Å². The van der Waals surface area contributed by atoms with E-state index in [1.807, 2.05) is 6.92 Å². The second-order valence-corrected chi connectivity index (χ2v) is 6.08. The molecule has 2 heterocycles. The van der Waals surface area contributed by atoms with Crippen molar-refractivity contribution < 1.29 is 9.59 Å². The van der Waals surface area contributed by atoms with Gasteiger partial charge in [-0.1, -0.05) is 12.8 Å². The number of hydrogen-bond acceptors (Lipinski definition) is 4. The average Bonchev–Trinajstić information content (AvgIpc) is 2.83. The molecule has 1 N–H and O–H groups in total. The van der Waals surface area contributed by atoms with Crippen LogP contribution in [0.1, 0.15) is 41.0 Å². The molecule has 1 saturated heterocycles. The maximum Gasteiger partial charge on any atom is 0.266 e. The van der Waals surface area contributed by atoms with Crippen molar-refractivity contribution in [3.8, 4) is 0 Å². The minimum atomic E-state index is -0.0429. The number of carbonyl (C=O) groups excluding carboxylic acids is 2. The van der Waals surface area contributed by atoms with Gasteiger partial charge in [-0.2, -0.15) is 0 Å². The van der Waals surface area contributed by atoms with Gasteiger partial charge in [0.2, 0.25) is 5.91 Å². The van der Waals surface area contributed by atoms with E-state index in [9.17, 15) is 9.59 Å². The van der Waals surface area contributed by atoms with E-state index in [2.05, 4.69) is 10.3 Å². The number of piperazine rings is 1. The summed E-state index contributed by atoms with van der Waals surface area (Å²) >= 11 is 1.36. The number of hydrogen-bond donors (Lipinski definition) is 1. The molecular formula is C13H17N3O2S. The standard InChI is InChI=1S/C13H17N3O2S/c1-8-12(19-7-14-8)13(18)16-6-11(17)15-9-4-2-3-5-10(9)16/h7,9-10H,2-6H2,1H3,(H,15,17)/t9-,10-/m0/s1. The number of fused-ring (bicyclic) bond motifs is 1. The van der Waals surface area contributed by atoms with Gasteiger partial charge in [0.25, 0.3) is 5.91 Å². The molecule has 0 spiro atoms. The molecule has 6 heteroatoms. The van der Waals surface area contributed by atoms with E-state index < -0.39 is 0 Å². The van der Waals surface area contributed by atoms with Gasteiger partial charge >= 0.3 is 0 Å². The Morgan fingerprint density at radius 1 is 1.47 bits per heavy atom. The fourth-order valence-corrected chi connectivity index (χ4v) is 3.79. The third-order valence-electron chi connectivity index (χ3n) is 3.99. The average molecular weight is 279 g/mol. The van der Waals surface area contributed by atoms with Crippen LogP contribution in [0.5, 0.6) is 0 Å². The van der Waals surface area contributed by atoms with Gasteiger partial charge in [-0.05, 0) is 19.8 Å². The van der Waals surface area contributed by atoms with Crippen LogP contribution < -0.4 is 5.32 Å². The number of thiazole rings is 1.